The number of hydrogen-bond acceptors (Lipinski definition) is 4. The topological polar surface area (TPSA) is 51.2 Å². The zero-order chi connectivity index (χ0) is 21.6. The van der Waals surface area contributed by atoms with Gasteiger partial charge in [0, 0.05) is 10.9 Å². The van der Waals surface area contributed by atoms with E-state index in [4.69, 9.17) is 4.74 Å². The van der Waals surface area contributed by atoms with Gasteiger partial charge in [-0.3, -0.25) is 4.79 Å². The molecule has 1 aromatic heterocycles. The number of amides is 1. The highest BCUT2D eigenvalue weighted by Gasteiger charge is 2.17. The van der Waals surface area contributed by atoms with Gasteiger partial charge in [0.05, 0.1) is 30.3 Å². The van der Waals surface area contributed by atoms with Gasteiger partial charge in [-0.1, -0.05) is 66.7 Å². The molecule has 1 unspecified atom stereocenters. The van der Waals surface area contributed by atoms with Crippen molar-refractivity contribution in [2.75, 3.05) is 7.11 Å². The Morgan fingerprint density at radius 3 is 2.26 bits per heavy atom. The number of carbonyl (C=O) groups is 1. The summed E-state index contributed by atoms with van der Waals surface area (Å²) in [4.78, 5) is 17.4. The summed E-state index contributed by atoms with van der Waals surface area (Å²) in [6, 6.07) is 25.6. The lowest BCUT2D eigenvalue weighted by molar-refractivity contribution is -0.120. The molecule has 1 amide bonds. The maximum absolute atomic E-state index is 12.9. The van der Waals surface area contributed by atoms with Crippen molar-refractivity contribution in [2.24, 2.45) is 0 Å². The van der Waals surface area contributed by atoms with E-state index >= 15 is 0 Å². The number of aromatic nitrogens is 1. The predicted octanol–water partition coefficient (Wildman–Crippen LogP) is 5.58. The first-order valence-corrected chi connectivity index (χ1v) is 11.0. The molecule has 0 aliphatic heterocycles. The standard InChI is InChI=1S/C26H24N2O2S/c1-18-27-24(17-31-18)20-10-8-19(9-11-20)16-25(29)28-26(21-6-4-3-5-7-21)22-12-14-23(30-2)15-13-22/h3-15,17,26H,16H2,1-2H3,(H,28,29). The van der Waals surface area contributed by atoms with Gasteiger partial charge in [0.25, 0.3) is 0 Å². The Balaban J connectivity index is 1.49. The minimum atomic E-state index is -0.225. The van der Waals surface area contributed by atoms with Gasteiger partial charge < -0.3 is 10.1 Å². The van der Waals surface area contributed by atoms with E-state index in [9.17, 15) is 4.79 Å². The molecule has 156 valence electrons. The SMILES string of the molecule is COc1ccc(C(NC(=O)Cc2ccc(-c3csc(C)n3)cc2)c2ccccc2)cc1. The molecule has 0 aliphatic carbocycles. The van der Waals surface area contributed by atoms with Crippen LogP contribution in [0.25, 0.3) is 11.3 Å². The van der Waals surface area contributed by atoms with E-state index in [1.54, 1.807) is 18.4 Å². The van der Waals surface area contributed by atoms with Gasteiger partial charge in [0.2, 0.25) is 5.91 Å². The van der Waals surface area contributed by atoms with Crippen LogP contribution in [0.4, 0.5) is 0 Å². The van der Waals surface area contributed by atoms with E-state index in [1.807, 2.05) is 85.8 Å². The Hall–Kier alpha value is -3.44. The fraction of sp³-hybridized carbons (Fsp3) is 0.154. The number of methoxy groups -OCH3 is 1. The number of rotatable bonds is 7. The Kier molecular flexibility index (Phi) is 6.43. The van der Waals surface area contributed by atoms with Crippen molar-refractivity contribution in [1.82, 2.24) is 10.3 Å². The highest BCUT2D eigenvalue weighted by Crippen LogP contribution is 2.25. The molecule has 0 saturated heterocycles. The Labute approximate surface area is 186 Å². The highest BCUT2D eigenvalue weighted by atomic mass is 32.1. The lowest BCUT2D eigenvalue weighted by atomic mass is 9.98. The Bertz CT molecular complexity index is 1140. The molecule has 0 saturated carbocycles. The first-order chi connectivity index (χ1) is 15.1. The van der Waals surface area contributed by atoms with Crippen LogP contribution in [0.2, 0.25) is 0 Å². The first-order valence-electron chi connectivity index (χ1n) is 10.1. The van der Waals surface area contributed by atoms with Crippen LogP contribution in [0.5, 0.6) is 5.75 Å². The maximum Gasteiger partial charge on any atom is 0.225 e. The number of nitrogens with one attached hydrogen (secondary N) is 1. The van der Waals surface area contributed by atoms with Crippen molar-refractivity contribution in [1.29, 1.82) is 0 Å². The number of hydrogen-bond donors (Lipinski definition) is 1. The fourth-order valence-corrected chi connectivity index (χ4v) is 4.11. The lowest BCUT2D eigenvalue weighted by Crippen LogP contribution is -2.30. The average molecular weight is 429 g/mol. The summed E-state index contributed by atoms with van der Waals surface area (Å²) >= 11 is 1.64. The van der Waals surface area contributed by atoms with Crippen LogP contribution in [0.1, 0.15) is 27.7 Å². The van der Waals surface area contributed by atoms with Crippen LogP contribution in [-0.2, 0) is 11.2 Å². The van der Waals surface area contributed by atoms with Crippen LogP contribution in [0, 0.1) is 6.92 Å². The summed E-state index contributed by atoms with van der Waals surface area (Å²) in [5.74, 6) is 0.763. The number of benzene rings is 3. The molecular weight excluding hydrogens is 404 g/mol. The van der Waals surface area contributed by atoms with E-state index in [0.29, 0.717) is 6.42 Å². The van der Waals surface area contributed by atoms with Crippen molar-refractivity contribution < 1.29 is 9.53 Å². The largest absolute Gasteiger partial charge is 0.497 e. The van der Waals surface area contributed by atoms with Crippen molar-refractivity contribution in [3.05, 3.63) is 106 Å². The van der Waals surface area contributed by atoms with Crippen LogP contribution in [0.15, 0.2) is 84.2 Å². The second-order valence-corrected chi connectivity index (χ2v) is 8.37. The summed E-state index contributed by atoms with van der Waals surface area (Å²) < 4.78 is 5.27. The van der Waals surface area contributed by atoms with Crippen molar-refractivity contribution in [2.45, 2.75) is 19.4 Å². The van der Waals surface area contributed by atoms with E-state index in [-0.39, 0.29) is 11.9 Å². The van der Waals surface area contributed by atoms with Gasteiger partial charge in [-0.15, -0.1) is 11.3 Å². The second-order valence-electron chi connectivity index (χ2n) is 7.31. The second kappa shape index (κ2) is 9.58. The number of thiazole rings is 1. The molecule has 4 rings (SSSR count). The fourth-order valence-electron chi connectivity index (χ4n) is 3.49. The number of nitrogens with zero attached hydrogens (tertiary/aromatic N) is 1. The van der Waals surface area contributed by atoms with Crippen LogP contribution >= 0.6 is 11.3 Å². The van der Waals surface area contributed by atoms with E-state index < -0.39 is 0 Å². The van der Waals surface area contributed by atoms with Gasteiger partial charge in [0.1, 0.15) is 5.75 Å². The molecule has 3 aromatic carbocycles. The molecule has 0 spiro atoms. The Morgan fingerprint density at radius 2 is 1.65 bits per heavy atom. The molecule has 0 aliphatic rings. The molecule has 1 atom stereocenters. The minimum Gasteiger partial charge on any atom is -0.497 e. The van der Waals surface area contributed by atoms with Gasteiger partial charge in [0.15, 0.2) is 0 Å². The zero-order valence-corrected chi connectivity index (χ0v) is 18.4. The van der Waals surface area contributed by atoms with Crippen LogP contribution in [0.3, 0.4) is 0 Å². The summed E-state index contributed by atoms with van der Waals surface area (Å²) in [5.41, 5.74) is 5.05. The van der Waals surface area contributed by atoms with Gasteiger partial charge in [-0.05, 0) is 35.7 Å². The quantitative estimate of drug-likeness (QED) is 0.418. The van der Waals surface area contributed by atoms with Gasteiger partial charge in [-0.2, -0.15) is 0 Å². The molecule has 1 heterocycles. The molecular formula is C26H24N2O2S. The molecule has 0 bridgehead atoms. The van der Waals surface area contributed by atoms with Crippen molar-refractivity contribution in [3.63, 3.8) is 0 Å². The first kappa shape index (κ1) is 20.8. The third kappa shape index (κ3) is 5.19. The molecule has 4 aromatic rings. The molecule has 5 heteroatoms. The third-order valence-electron chi connectivity index (χ3n) is 5.12. The maximum atomic E-state index is 12.9. The molecule has 4 nitrogen and oxygen atoms in total. The third-order valence-corrected chi connectivity index (χ3v) is 5.89. The molecule has 31 heavy (non-hydrogen) atoms. The number of ether oxygens (including phenoxy) is 1. The highest BCUT2D eigenvalue weighted by molar-refractivity contribution is 7.09. The van der Waals surface area contributed by atoms with Crippen LogP contribution in [-0.4, -0.2) is 18.0 Å². The van der Waals surface area contributed by atoms with Crippen molar-refractivity contribution >= 4 is 17.2 Å². The van der Waals surface area contributed by atoms with Crippen LogP contribution < -0.4 is 10.1 Å². The normalized spacial score (nSPS) is 11.7. The summed E-state index contributed by atoms with van der Waals surface area (Å²) in [6.45, 7) is 2.00. The lowest BCUT2D eigenvalue weighted by Gasteiger charge is -2.20. The smallest absolute Gasteiger partial charge is 0.225 e. The summed E-state index contributed by atoms with van der Waals surface area (Å²) in [7, 11) is 1.65. The van der Waals surface area contributed by atoms with E-state index in [1.165, 1.54) is 0 Å². The van der Waals surface area contributed by atoms with E-state index in [0.717, 1.165) is 38.7 Å². The molecule has 0 radical (unpaired) electrons. The summed E-state index contributed by atoms with van der Waals surface area (Å²) in [5, 5.41) is 6.29. The molecule has 1 N–H and O–H groups in total. The monoisotopic (exact) mass is 428 g/mol. The molecule has 0 fully saturated rings. The number of carbonyl (C=O) groups excluding carboxylic acids is 1. The number of aryl methyl sites for hydroxylation is 1. The zero-order valence-electron chi connectivity index (χ0n) is 17.5. The average Bonchev–Trinajstić information content (AvgIpc) is 3.25. The Morgan fingerprint density at radius 1 is 0.968 bits per heavy atom. The van der Waals surface area contributed by atoms with Crippen molar-refractivity contribution in [3.8, 4) is 17.0 Å². The van der Waals surface area contributed by atoms with E-state index in [2.05, 4.69) is 15.7 Å². The summed E-state index contributed by atoms with van der Waals surface area (Å²) in [6.07, 6.45) is 0.315. The minimum absolute atomic E-state index is 0.0260. The predicted molar refractivity (Wildman–Crippen MR) is 125 cm³/mol. The van der Waals surface area contributed by atoms with Gasteiger partial charge in [-0.25, -0.2) is 4.98 Å². The van der Waals surface area contributed by atoms with Gasteiger partial charge >= 0.3 is 0 Å².